The zero-order valence-electron chi connectivity index (χ0n) is 24.7. The van der Waals surface area contributed by atoms with Crippen molar-refractivity contribution in [3.63, 3.8) is 0 Å². The third-order valence-corrected chi connectivity index (χ3v) is 13.5. The van der Waals surface area contributed by atoms with Gasteiger partial charge in [0.1, 0.15) is 18.8 Å². The number of allylic oxidation sites excluding steroid dienone is 1. The van der Waals surface area contributed by atoms with Crippen molar-refractivity contribution in [2.75, 3.05) is 19.8 Å². The number of hydrogen-bond acceptors (Lipinski definition) is 8. The summed E-state index contributed by atoms with van der Waals surface area (Å²) in [5.41, 5.74) is -1.82. The van der Waals surface area contributed by atoms with Crippen LogP contribution in [0, 0.1) is 5.92 Å². The summed E-state index contributed by atoms with van der Waals surface area (Å²) in [5, 5.41) is -0.0208. The van der Waals surface area contributed by atoms with Crippen LogP contribution in [0.1, 0.15) is 79.1 Å². The second kappa shape index (κ2) is 12.2. The van der Waals surface area contributed by atoms with Crippen molar-refractivity contribution in [3.05, 3.63) is 24.3 Å². The van der Waals surface area contributed by atoms with E-state index in [0.29, 0.717) is 13.0 Å². The van der Waals surface area contributed by atoms with E-state index in [4.69, 9.17) is 28.1 Å². The molecule has 3 aliphatic heterocycles. The zero-order valence-corrected chi connectivity index (χ0v) is 25.7. The van der Waals surface area contributed by atoms with E-state index in [-0.39, 0.29) is 24.4 Å². The Morgan fingerprint density at radius 3 is 2.36 bits per heavy atom. The number of carbonyl (C=O) groups is 2. The number of carbonyl (C=O) groups excluding carboxylic acids is 2. The van der Waals surface area contributed by atoms with Crippen LogP contribution >= 0.6 is 0 Å². The van der Waals surface area contributed by atoms with Crippen molar-refractivity contribution < 1.29 is 37.7 Å². The van der Waals surface area contributed by atoms with E-state index in [1.807, 2.05) is 19.1 Å². The Morgan fingerprint density at radius 2 is 1.74 bits per heavy atom. The number of ether oxygens (including phenoxy) is 5. The van der Waals surface area contributed by atoms with Gasteiger partial charge in [0.05, 0.1) is 5.92 Å². The van der Waals surface area contributed by atoms with Gasteiger partial charge in [-0.15, -0.1) is 0 Å². The van der Waals surface area contributed by atoms with Gasteiger partial charge in [-0.25, -0.2) is 4.79 Å². The molecule has 3 saturated heterocycles. The molecule has 0 amide bonds. The van der Waals surface area contributed by atoms with Crippen LogP contribution in [-0.2, 0) is 37.7 Å². The molecule has 3 heterocycles. The van der Waals surface area contributed by atoms with Crippen LogP contribution in [0.4, 0.5) is 0 Å². The summed E-state index contributed by atoms with van der Waals surface area (Å²) in [6.07, 6.45) is 13.1. The van der Waals surface area contributed by atoms with Gasteiger partial charge in [0.15, 0.2) is 26.2 Å². The number of cyclic esters (lactones) is 1. The molecule has 4 fully saturated rings. The van der Waals surface area contributed by atoms with Gasteiger partial charge in [0.25, 0.3) is 0 Å². The maximum atomic E-state index is 14.0. The highest BCUT2D eigenvalue weighted by molar-refractivity contribution is 6.74. The normalized spacial score (nSPS) is 33.8. The minimum Gasteiger partial charge on any atom is -0.463 e. The van der Waals surface area contributed by atoms with Gasteiger partial charge in [-0.05, 0) is 69.3 Å². The highest BCUT2D eigenvalue weighted by atomic mass is 28.4. The fourth-order valence-electron chi connectivity index (χ4n) is 5.55. The average Bonchev–Trinajstić information content (AvgIpc) is 3.39. The monoisotopic (exact) mass is 564 g/mol. The Bertz CT molecular complexity index is 926. The van der Waals surface area contributed by atoms with Gasteiger partial charge in [-0.2, -0.15) is 0 Å². The molecule has 5 atom stereocenters. The first-order valence-electron chi connectivity index (χ1n) is 14.7. The van der Waals surface area contributed by atoms with Crippen LogP contribution in [0.5, 0.6) is 0 Å². The predicted octanol–water partition coefficient (Wildman–Crippen LogP) is 5.61. The molecule has 0 N–H and O–H groups in total. The molecule has 1 unspecified atom stereocenters. The lowest BCUT2D eigenvalue weighted by Crippen LogP contribution is -2.55. The molecule has 1 saturated carbocycles. The van der Waals surface area contributed by atoms with Crippen molar-refractivity contribution in [3.8, 4) is 0 Å². The topological polar surface area (TPSA) is 89.5 Å². The van der Waals surface area contributed by atoms with Gasteiger partial charge < -0.3 is 28.1 Å². The summed E-state index contributed by atoms with van der Waals surface area (Å²) in [4.78, 5) is 27.4. The van der Waals surface area contributed by atoms with Gasteiger partial charge in [-0.1, -0.05) is 39.3 Å². The van der Waals surface area contributed by atoms with Crippen LogP contribution < -0.4 is 0 Å². The van der Waals surface area contributed by atoms with Crippen molar-refractivity contribution in [1.82, 2.24) is 0 Å². The minimum atomic E-state index is -2.15. The maximum Gasteiger partial charge on any atom is 0.347 e. The zero-order chi connectivity index (χ0) is 28.3. The molecule has 0 aromatic carbocycles. The second-order valence-electron chi connectivity index (χ2n) is 12.9. The largest absolute Gasteiger partial charge is 0.463 e. The quantitative estimate of drug-likeness (QED) is 0.117. The van der Waals surface area contributed by atoms with Crippen molar-refractivity contribution >= 4 is 20.1 Å². The molecule has 0 aromatic heterocycles. The van der Waals surface area contributed by atoms with Gasteiger partial charge in [0, 0.05) is 26.1 Å². The average molecular weight is 565 g/mol. The van der Waals surface area contributed by atoms with Crippen molar-refractivity contribution in [1.29, 1.82) is 0 Å². The molecule has 9 heteroatoms. The molecule has 39 heavy (non-hydrogen) atoms. The Hall–Kier alpha value is -1.36. The molecule has 0 aromatic rings. The Morgan fingerprint density at radius 1 is 1.05 bits per heavy atom. The summed E-state index contributed by atoms with van der Waals surface area (Å²) in [6.45, 7) is 13.5. The highest BCUT2D eigenvalue weighted by Crippen LogP contribution is 2.43. The first-order chi connectivity index (χ1) is 18.4. The molecule has 220 valence electrons. The predicted molar refractivity (Wildman–Crippen MR) is 150 cm³/mol. The summed E-state index contributed by atoms with van der Waals surface area (Å²) in [7, 11) is -2.15. The molecule has 1 spiro atoms. The lowest BCUT2D eigenvalue weighted by atomic mass is 9.85. The van der Waals surface area contributed by atoms with Crippen molar-refractivity contribution in [2.45, 2.75) is 127 Å². The first-order valence-corrected chi connectivity index (χ1v) is 17.6. The van der Waals surface area contributed by atoms with Crippen molar-refractivity contribution in [2.24, 2.45) is 5.92 Å². The third kappa shape index (κ3) is 6.60. The Balaban J connectivity index is 1.59. The van der Waals surface area contributed by atoms with Gasteiger partial charge in [-0.3, -0.25) is 4.79 Å². The lowest BCUT2D eigenvalue weighted by Gasteiger charge is -2.39. The molecule has 4 rings (SSSR count). The highest BCUT2D eigenvalue weighted by Gasteiger charge is 2.60. The van der Waals surface area contributed by atoms with Crippen LogP contribution in [0.25, 0.3) is 0 Å². The van der Waals surface area contributed by atoms with Gasteiger partial charge >= 0.3 is 5.97 Å². The molecule has 1 aliphatic carbocycles. The van der Waals surface area contributed by atoms with Gasteiger partial charge in [0.2, 0.25) is 5.60 Å². The summed E-state index contributed by atoms with van der Waals surface area (Å²) >= 11 is 0. The molecular weight excluding hydrogens is 516 g/mol. The van der Waals surface area contributed by atoms with E-state index in [2.05, 4.69) is 33.9 Å². The Kier molecular flexibility index (Phi) is 9.61. The third-order valence-electron chi connectivity index (χ3n) is 9.03. The fraction of sp³-hybridized carbons (Fsp3) is 0.800. The summed E-state index contributed by atoms with van der Waals surface area (Å²) in [5.74, 6) is -2.34. The van der Waals surface area contributed by atoms with E-state index in [0.717, 1.165) is 38.5 Å². The van der Waals surface area contributed by atoms with Crippen LogP contribution in [-0.4, -0.2) is 69.8 Å². The van der Waals surface area contributed by atoms with E-state index in [9.17, 15) is 9.59 Å². The molecule has 0 bridgehead atoms. The Labute approximate surface area is 234 Å². The summed E-state index contributed by atoms with van der Waals surface area (Å²) in [6, 6.07) is 0. The van der Waals surface area contributed by atoms with Crippen LogP contribution in [0.2, 0.25) is 18.1 Å². The first kappa shape index (κ1) is 30.6. The van der Waals surface area contributed by atoms with E-state index >= 15 is 0 Å². The summed E-state index contributed by atoms with van der Waals surface area (Å²) < 4.78 is 36.9. The molecule has 4 aliphatic rings. The SMILES string of the molecule is C/C=C/[C@H]1OC2(CCCCC2)O[C@H]1/C=C/C(=O)[C@@]1(OC2CCCCO2)C(=O)OC[C@@H]1CO[Si](C)(C)C(C)(C)C. The number of hydrogen-bond donors (Lipinski definition) is 0. The fourth-order valence-corrected chi connectivity index (χ4v) is 6.60. The second-order valence-corrected chi connectivity index (χ2v) is 17.7. The molecular formula is C30H48O8Si. The smallest absolute Gasteiger partial charge is 0.347 e. The lowest BCUT2D eigenvalue weighted by molar-refractivity contribution is -0.228. The maximum absolute atomic E-state index is 14.0. The molecule has 0 radical (unpaired) electrons. The van der Waals surface area contributed by atoms with Crippen LogP contribution in [0.15, 0.2) is 24.3 Å². The van der Waals surface area contributed by atoms with E-state index in [1.54, 1.807) is 6.08 Å². The standard InChI is InChI=1S/C30H48O8Si/c1-7-13-23-24(37-29(36-23)17-10-8-11-18-29)15-16-25(31)30(38-26-14-9-12-19-33-26)22(20-34-27(30)32)21-35-39(5,6)28(2,3)4/h7,13,15-16,22-24,26H,8-12,14,17-21H2,1-6H3/b13-7+,16-15+/t22-,23-,24+,26?,30-/m1/s1. The van der Waals surface area contributed by atoms with E-state index < -0.39 is 49.8 Å². The number of ketones is 1. The number of rotatable bonds is 9. The molecule has 8 nitrogen and oxygen atoms in total. The van der Waals surface area contributed by atoms with Crippen LogP contribution in [0.3, 0.4) is 0 Å². The number of esters is 1. The minimum absolute atomic E-state index is 0.0208. The van der Waals surface area contributed by atoms with E-state index in [1.165, 1.54) is 12.5 Å².